The van der Waals surface area contributed by atoms with Crippen LogP contribution in [0.15, 0.2) is 157 Å². The van der Waals surface area contributed by atoms with Crippen molar-refractivity contribution in [1.29, 1.82) is 0 Å². The summed E-state index contributed by atoms with van der Waals surface area (Å²) in [5, 5.41) is 0. The van der Waals surface area contributed by atoms with Gasteiger partial charge in [0.15, 0.2) is 11.4 Å². The molecule has 0 bridgehead atoms. The Morgan fingerprint density at radius 1 is 0.449 bits per heavy atom. The molecule has 0 fully saturated rings. The van der Waals surface area contributed by atoms with Crippen LogP contribution in [0.2, 0.25) is 0 Å². The van der Waals surface area contributed by atoms with E-state index in [0.717, 1.165) is 13.1 Å². The Morgan fingerprint density at radius 3 is 1.16 bits per heavy atom. The topological polar surface area (TPSA) is 12.5 Å². The van der Waals surface area contributed by atoms with E-state index in [2.05, 4.69) is 219 Å². The Balaban J connectivity index is 1.11. The third-order valence-electron chi connectivity index (χ3n) is 8.57. The average Bonchev–Trinajstić information content (AvgIpc) is 3.12. The molecule has 4 nitrogen and oxygen atoms in total. The SMILES string of the molecule is CN(CCCCCN(C)c1ccc(C=CC=CC=C2C=CC(=[N+](C)C)C=C2)cc1)c1ccc(C=CC=CC=C2C=CC(=[N+](C)C)C=C2)cc1. The van der Waals surface area contributed by atoms with E-state index in [1.807, 2.05) is 0 Å². The van der Waals surface area contributed by atoms with Crippen LogP contribution in [0.1, 0.15) is 30.4 Å². The molecular formula is C45H54N4+2. The standard InChI is InChI=1S/C45H54N4/c1-46(2)42-28-20-38(21-29-42)16-10-7-12-18-40-24-32-44(33-25-40)48(5)36-14-9-15-37-49(6)45-34-26-41(27-35-45)19-13-8-11-17-39-22-30-43(31-23-39)47(3)4/h7-8,10-13,16-35H,9,14-15,36-37H2,1-6H3/q+2. The first-order valence-electron chi connectivity index (χ1n) is 17.3. The van der Waals surface area contributed by atoms with Gasteiger partial charge in [-0.3, -0.25) is 0 Å². The fraction of sp³-hybridized carbons (Fsp3) is 0.244. The number of anilines is 2. The van der Waals surface area contributed by atoms with Crippen molar-refractivity contribution in [2.45, 2.75) is 19.3 Å². The number of hydrogen-bond donors (Lipinski definition) is 0. The smallest absolute Gasteiger partial charge is 0.199 e. The van der Waals surface area contributed by atoms with Crippen molar-refractivity contribution in [3.63, 3.8) is 0 Å². The van der Waals surface area contributed by atoms with Crippen molar-refractivity contribution in [3.05, 3.63) is 168 Å². The lowest BCUT2D eigenvalue weighted by Gasteiger charge is -2.21. The van der Waals surface area contributed by atoms with Gasteiger partial charge in [0.25, 0.3) is 0 Å². The molecule has 4 rings (SSSR count). The lowest BCUT2D eigenvalue weighted by atomic mass is 10.1. The number of allylic oxidation sites excluding steroid dienone is 18. The van der Waals surface area contributed by atoms with Crippen LogP contribution >= 0.6 is 0 Å². The van der Waals surface area contributed by atoms with Crippen LogP contribution in [0, 0.1) is 0 Å². The molecule has 0 saturated heterocycles. The largest absolute Gasteiger partial charge is 0.375 e. The normalized spacial score (nSPS) is 14.3. The van der Waals surface area contributed by atoms with E-state index >= 15 is 0 Å². The number of hydrogen-bond acceptors (Lipinski definition) is 2. The maximum Gasteiger partial charge on any atom is 0.199 e. The number of benzene rings is 2. The zero-order valence-corrected chi connectivity index (χ0v) is 30.3. The molecule has 252 valence electrons. The summed E-state index contributed by atoms with van der Waals surface area (Å²) in [6.07, 6.45) is 41.8. The molecule has 2 aliphatic carbocycles. The van der Waals surface area contributed by atoms with Crippen molar-refractivity contribution in [3.8, 4) is 0 Å². The molecule has 2 aromatic carbocycles. The minimum atomic E-state index is 1.06. The van der Waals surface area contributed by atoms with Gasteiger partial charge >= 0.3 is 0 Å². The van der Waals surface area contributed by atoms with Crippen LogP contribution in [0.4, 0.5) is 11.4 Å². The molecule has 0 unspecified atom stereocenters. The Hall–Kier alpha value is -5.22. The molecule has 0 heterocycles. The van der Waals surface area contributed by atoms with E-state index in [4.69, 9.17) is 0 Å². The third-order valence-corrected chi connectivity index (χ3v) is 8.57. The Kier molecular flexibility index (Phi) is 14.6. The molecule has 0 aliphatic heterocycles. The molecule has 0 aromatic heterocycles. The van der Waals surface area contributed by atoms with Gasteiger partial charge < -0.3 is 9.80 Å². The summed E-state index contributed by atoms with van der Waals surface area (Å²) in [5.74, 6) is 0. The highest BCUT2D eigenvalue weighted by molar-refractivity contribution is 6.02. The molecule has 49 heavy (non-hydrogen) atoms. The van der Waals surface area contributed by atoms with E-state index < -0.39 is 0 Å². The molecule has 2 aliphatic rings. The molecule has 0 radical (unpaired) electrons. The lowest BCUT2D eigenvalue weighted by molar-refractivity contribution is -0.462. The first-order valence-corrected chi connectivity index (χ1v) is 17.3. The summed E-state index contributed by atoms with van der Waals surface area (Å²) in [5.41, 5.74) is 9.76. The molecule has 0 atom stereocenters. The number of nitrogens with zero attached hydrogens (tertiary/aromatic N) is 4. The molecule has 2 aromatic rings. The Morgan fingerprint density at radius 2 is 0.816 bits per heavy atom. The number of unbranched alkanes of at least 4 members (excludes halogenated alkanes) is 2. The first-order chi connectivity index (χ1) is 23.8. The van der Waals surface area contributed by atoms with Crippen molar-refractivity contribution in [2.75, 3.05) is 65.2 Å². The summed E-state index contributed by atoms with van der Waals surface area (Å²) in [6, 6.07) is 17.6. The van der Waals surface area contributed by atoms with Gasteiger partial charge in [0.1, 0.15) is 28.2 Å². The molecule has 4 heteroatoms. The van der Waals surface area contributed by atoms with E-state index in [0.29, 0.717) is 0 Å². The van der Waals surface area contributed by atoms with Crippen molar-refractivity contribution >= 4 is 35.0 Å². The van der Waals surface area contributed by atoms with Crippen LogP contribution in [0.5, 0.6) is 0 Å². The Labute approximate surface area is 295 Å². The predicted molar refractivity (Wildman–Crippen MR) is 217 cm³/mol. The number of rotatable bonds is 14. The van der Waals surface area contributed by atoms with E-state index in [9.17, 15) is 0 Å². The molecule has 0 saturated carbocycles. The van der Waals surface area contributed by atoms with Gasteiger partial charge in [0, 0.05) is 62.9 Å². The quantitative estimate of drug-likeness (QED) is 0.115. The lowest BCUT2D eigenvalue weighted by Crippen LogP contribution is -2.20. The molecular weight excluding hydrogens is 597 g/mol. The van der Waals surface area contributed by atoms with Crippen LogP contribution < -0.4 is 9.80 Å². The zero-order valence-electron chi connectivity index (χ0n) is 30.3. The second kappa shape index (κ2) is 19.6. The summed E-state index contributed by atoms with van der Waals surface area (Å²) in [7, 11) is 12.6. The average molecular weight is 651 g/mol. The van der Waals surface area contributed by atoms with Gasteiger partial charge in [0.2, 0.25) is 0 Å². The minimum absolute atomic E-state index is 1.06. The summed E-state index contributed by atoms with van der Waals surface area (Å²) in [4.78, 5) is 4.71. The van der Waals surface area contributed by atoms with Crippen LogP contribution in [-0.2, 0) is 0 Å². The summed E-state index contributed by atoms with van der Waals surface area (Å²) in [6.45, 7) is 2.12. The van der Waals surface area contributed by atoms with Gasteiger partial charge in [-0.25, -0.2) is 9.15 Å². The second-order valence-corrected chi connectivity index (χ2v) is 12.9. The zero-order chi connectivity index (χ0) is 34.8. The minimum Gasteiger partial charge on any atom is -0.375 e. The molecule has 0 N–H and O–H groups in total. The fourth-order valence-corrected chi connectivity index (χ4v) is 5.37. The fourth-order valence-electron chi connectivity index (χ4n) is 5.37. The monoisotopic (exact) mass is 650 g/mol. The van der Waals surface area contributed by atoms with E-state index in [-0.39, 0.29) is 0 Å². The Bertz CT molecular complexity index is 1590. The van der Waals surface area contributed by atoms with Gasteiger partial charge in [-0.05, 0) is 90.1 Å². The summed E-state index contributed by atoms with van der Waals surface area (Å²) < 4.78 is 4.22. The predicted octanol–water partition coefficient (Wildman–Crippen LogP) is 9.10. The summed E-state index contributed by atoms with van der Waals surface area (Å²) >= 11 is 0. The van der Waals surface area contributed by atoms with Gasteiger partial charge in [-0.2, -0.15) is 0 Å². The maximum absolute atomic E-state index is 2.36. The highest BCUT2D eigenvalue weighted by Crippen LogP contribution is 2.18. The highest BCUT2D eigenvalue weighted by Gasteiger charge is 2.05. The molecule has 0 spiro atoms. The van der Waals surface area contributed by atoms with E-state index in [1.165, 1.54) is 64.3 Å². The van der Waals surface area contributed by atoms with Gasteiger partial charge in [-0.1, -0.05) is 85.0 Å². The van der Waals surface area contributed by atoms with Crippen molar-refractivity contribution < 1.29 is 9.15 Å². The second-order valence-electron chi connectivity index (χ2n) is 12.9. The maximum atomic E-state index is 2.36. The first kappa shape index (κ1) is 36.6. The van der Waals surface area contributed by atoms with Crippen LogP contribution in [0.25, 0.3) is 12.2 Å². The van der Waals surface area contributed by atoms with Crippen LogP contribution in [-0.4, -0.2) is 75.9 Å². The van der Waals surface area contributed by atoms with Crippen molar-refractivity contribution in [2.24, 2.45) is 0 Å². The van der Waals surface area contributed by atoms with Crippen LogP contribution in [0.3, 0.4) is 0 Å². The molecule has 0 amide bonds. The van der Waals surface area contributed by atoms with E-state index in [1.54, 1.807) is 0 Å². The highest BCUT2D eigenvalue weighted by atomic mass is 15.1. The third kappa shape index (κ3) is 12.7. The van der Waals surface area contributed by atoms with Crippen molar-refractivity contribution in [1.82, 2.24) is 0 Å². The van der Waals surface area contributed by atoms with Gasteiger partial charge in [0.05, 0.1) is 0 Å². The van der Waals surface area contributed by atoms with Gasteiger partial charge in [-0.15, -0.1) is 0 Å².